The number of aromatic nitrogens is 4. The Morgan fingerprint density at radius 2 is 2.05 bits per heavy atom. The van der Waals surface area contributed by atoms with E-state index in [1.807, 2.05) is 0 Å². The van der Waals surface area contributed by atoms with Gasteiger partial charge in [-0.05, 0) is 6.42 Å². The average Bonchev–Trinajstić information content (AvgIpc) is 2.78. The van der Waals surface area contributed by atoms with Gasteiger partial charge in [-0.2, -0.15) is 0 Å². The van der Waals surface area contributed by atoms with Crippen molar-refractivity contribution in [2.45, 2.75) is 25.9 Å². The summed E-state index contributed by atoms with van der Waals surface area (Å²) in [6.45, 7) is 1.36. The van der Waals surface area contributed by atoms with E-state index in [0.29, 0.717) is 35.2 Å². The lowest BCUT2D eigenvalue weighted by molar-refractivity contribution is -0.145. The van der Waals surface area contributed by atoms with Gasteiger partial charge in [0.25, 0.3) is 5.56 Å². The Hall–Kier alpha value is -1.90. The van der Waals surface area contributed by atoms with Gasteiger partial charge in [0.1, 0.15) is 11.9 Å². The molecule has 0 aliphatic heterocycles. The molecule has 0 bridgehead atoms. The lowest BCUT2D eigenvalue weighted by Gasteiger charge is -2.13. The fourth-order valence-electron chi connectivity index (χ4n) is 2.27. The van der Waals surface area contributed by atoms with Gasteiger partial charge in [-0.15, -0.1) is 0 Å². The summed E-state index contributed by atoms with van der Waals surface area (Å²) >= 11 is 3.30. The minimum absolute atomic E-state index is 0.264. The number of halogens is 1. The van der Waals surface area contributed by atoms with Crippen LogP contribution in [0.1, 0.15) is 19.2 Å². The molecule has 2 aromatic heterocycles. The quantitative estimate of drug-likeness (QED) is 0.597. The number of hydrogen-bond donors (Lipinski definition) is 1. The van der Waals surface area contributed by atoms with Crippen molar-refractivity contribution in [2.75, 3.05) is 5.33 Å². The summed E-state index contributed by atoms with van der Waals surface area (Å²) in [7, 11) is 3.27. The maximum Gasteiger partial charge on any atom is 0.329 e. The molecule has 2 heterocycles. The Morgan fingerprint density at radius 3 is 2.64 bits per heavy atom. The third-order valence-electron chi connectivity index (χ3n) is 3.42. The van der Waals surface area contributed by atoms with Crippen LogP contribution in [0.4, 0.5) is 0 Å². The molecule has 0 saturated carbocycles. The first-order chi connectivity index (χ1) is 10.3. The lowest BCUT2D eigenvalue weighted by atomic mass is 10.2. The van der Waals surface area contributed by atoms with Crippen LogP contribution in [0.25, 0.3) is 11.2 Å². The molecule has 120 valence electrons. The zero-order valence-electron chi connectivity index (χ0n) is 12.6. The number of ether oxygens (including phenoxy) is 1. The zero-order valence-corrected chi connectivity index (χ0v) is 14.1. The Bertz CT molecular complexity index is 820. The van der Waals surface area contributed by atoms with Crippen LogP contribution in [-0.4, -0.2) is 36.5 Å². The molecule has 0 aliphatic rings. The number of carbonyl (C=O) groups excluding carboxylic acids is 1. The standard InChI is InChI=1S/C13H17BrN4O4/c1-7(19)22-8(6-14)4-5-9-15-11-10(17(9)2)12(20)16-13(21)18(11)3/h8H,4-6H2,1-3H3,(H,16,20,21). The second kappa shape index (κ2) is 6.47. The summed E-state index contributed by atoms with van der Waals surface area (Å²) in [6, 6.07) is 0. The molecule has 0 spiro atoms. The number of aryl methyl sites for hydroxylation is 3. The second-order valence-electron chi connectivity index (χ2n) is 5.00. The van der Waals surface area contributed by atoms with Gasteiger partial charge in [0.05, 0.1) is 0 Å². The van der Waals surface area contributed by atoms with E-state index in [1.165, 1.54) is 11.5 Å². The number of carbonyl (C=O) groups is 1. The number of fused-ring (bicyclic) bond motifs is 1. The van der Waals surface area contributed by atoms with Gasteiger partial charge in [0.2, 0.25) is 0 Å². The summed E-state index contributed by atoms with van der Waals surface area (Å²) < 4.78 is 8.12. The van der Waals surface area contributed by atoms with E-state index in [4.69, 9.17) is 4.74 Å². The van der Waals surface area contributed by atoms with E-state index >= 15 is 0 Å². The minimum atomic E-state index is -0.500. The molecular formula is C13H17BrN4O4. The molecule has 0 saturated heterocycles. The molecule has 0 aliphatic carbocycles. The van der Waals surface area contributed by atoms with Gasteiger partial charge in [-0.3, -0.25) is 19.1 Å². The molecule has 0 amide bonds. The van der Waals surface area contributed by atoms with Gasteiger partial charge < -0.3 is 9.30 Å². The smallest absolute Gasteiger partial charge is 0.329 e. The summed E-state index contributed by atoms with van der Waals surface area (Å²) in [5, 5.41) is 0.523. The summed E-state index contributed by atoms with van der Waals surface area (Å²) in [5.41, 5.74) is -0.272. The first kappa shape index (κ1) is 16.5. The number of nitrogens with zero attached hydrogens (tertiary/aromatic N) is 3. The van der Waals surface area contributed by atoms with Crippen molar-refractivity contribution in [1.82, 2.24) is 19.1 Å². The maximum atomic E-state index is 11.9. The van der Waals surface area contributed by atoms with Gasteiger partial charge in [0.15, 0.2) is 11.2 Å². The van der Waals surface area contributed by atoms with E-state index in [0.717, 1.165) is 0 Å². The maximum absolute atomic E-state index is 11.9. The minimum Gasteiger partial charge on any atom is -0.462 e. The van der Waals surface area contributed by atoms with Crippen molar-refractivity contribution < 1.29 is 9.53 Å². The number of aromatic amines is 1. The summed E-state index contributed by atoms with van der Waals surface area (Å²) in [4.78, 5) is 41.2. The SMILES string of the molecule is CC(=O)OC(CBr)CCc1nc2c(c(=O)[nH]c(=O)n2C)n1C. The lowest BCUT2D eigenvalue weighted by Crippen LogP contribution is -2.29. The predicted molar refractivity (Wildman–Crippen MR) is 84.2 cm³/mol. The van der Waals surface area contributed by atoms with Crippen molar-refractivity contribution in [3.05, 3.63) is 26.7 Å². The van der Waals surface area contributed by atoms with Gasteiger partial charge in [-0.25, -0.2) is 9.78 Å². The van der Waals surface area contributed by atoms with Crippen LogP contribution >= 0.6 is 15.9 Å². The topological polar surface area (TPSA) is 99.0 Å². The predicted octanol–water partition coefficient (Wildman–Crippen LogP) is 0.219. The highest BCUT2D eigenvalue weighted by molar-refractivity contribution is 9.09. The molecule has 0 radical (unpaired) electrons. The van der Waals surface area contributed by atoms with Crippen LogP contribution in [0.3, 0.4) is 0 Å². The van der Waals surface area contributed by atoms with Crippen molar-refractivity contribution >= 4 is 33.1 Å². The molecule has 1 N–H and O–H groups in total. The molecule has 8 nitrogen and oxygen atoms in total. The molecule has 0 fully saturated rings. The molecular weight excluding hydrogens is 356 g/mol. The first-order valence-corrected chi connectivity index (χ1v) is 7.85. The molecule has 22 heavy (non-hydrogen) atoms. The van der Waals surface area contributed by atoms with E-state index in [-0.39, 0.29) is 12.1 Å². The number of esters is 1. The van der Waals surface area contributed by atoms with Crippen LogP contribution in [0.2, 0.25) is 0 Å². The number of imidazole rings is 1. The van der Waals surface area contributed by atoms with E-state index < -0.39 is 11.2 Å². The Kier molecular flexibility index (Phi) is 4.84. The number of H-pyrrole nitrogens is 1. The largest absolute Gasteiger partial charge is 0.462 e. The number of alkyl halides is 1. The zero-order chi connectivity index (χ0) is 16.4. The highest BCUT2D eigenvalue weighted by atomic mass is 79.9. The molecule has 0 aromatic carbocycles. The molecule has 9 heteroatoms. The summed E-state index contributed by atoms with van der Waals surface area (Å²) in [5.74, 6) is 0.313. The van der Waals surface area contributed by atoms with Crippen molar-refractivity contribution in [2.24, 2.45) is 14.1 Å². The fourth-order valence-corrected chi connectivity index (χ4v) is 2.73. The van der Waals surface area contributed by atoms with E-state index in [1.54, 1.807) is 18.7 Å². The highest BCUT2D eigenvalue weighted by Crippen LogP contribution is 2.13. The molecule has 2 aromatic rings. The monoisotopic (exact) mass is 372 g/mol. The third-order valence-corrected chi connectivity index (χ3v) is 4.14. The number of hydrogen-bond acceptors (Lipinski definition) is 5. The normalized spacial score (nSPS) is 12.5. The van der Waals surface area contributed by atoms with Crippen molar-refractivity contribution in [1.29, 1.82) is 0 Å². The van der Waals surface area contributed by atoms with E-state index in [9.17, 15) is 14.4 Å². The number of rotatable bonds is 5. The third kappa shape index (κ3) is 3.13. The highest BCUT2D eigenvalue weighted by Gasteiger charge is 2.17. The first-order valence-electron chi connectivity index (χ1n) is 6.73. The van der Waals surface area contributed by atoms with Gasteiger partial charge in [0, 0.05) is 32.8 Å². The Balaban J connectivity index is 2.33. The summed E-state index contributed by atoms with van der Waals surface area (Å²) in [6.07, 6.45) is 0.815. The molecule has 1 atom stereocenters. The van der Waals surface area contributed by atoms with Crippen LogP contribution in [0.15, 0.2) is 9.59 Å². The van der Waals surface area contributed by atoms with Crippen LogP contribution in [-0.2, 0) is 30.0 Å². The number of nitrogens with one attached hydrogen (secondary N) is 1. The Labute approximate surface area is 134 Å². The average molecular weight is 373 g/mol. The fraction of sp³-hybridized carbons (Fsp3) is 0.538. The van der Waals surface area contributed by atoms with Crippen LogP contribution in [0, 0.1) is 0 Å². The second-order valence-corrected chi connectivity index (χ2v) is 5.65. The van der Waals surface area contributed by atoms with E-state index in [2.05, 4.69) is 25.9 Å². The van der Waals surface area contributed by atoms with Gasteiger partial charge >= 0.3 is 11.7 Å². The van der Waals surface area contributed by atoms with Crippen molar-refractivity contribution in [3.8, 4) is 0 Å². The Morgan fingerprint density at radius 1 is 1.36 bits per heavy atom. The van der Waals surface area contributed by atoms with Gasteiger partial charge in [-0.1, -0.05) is 15.9 Å². The molecule has 2 rings (SSSR count). The molecule has 1 unspecified atom stereocenters. The van der Waals surface area contributed by atoms with Crippen LogP contribution < -0.4 is 11.2 Å². The van der Waals surface area contributed by atoms with Crippen molar-refractivity contribution in [3.63, 3.8) is 0 Å². The van der Waals surface area contributed by atoms with Crippen LogP contribution in [0.5, 0.6) is 0 Å².